The van der Waals surface area contributed by atoms with Gasteiger partial charge in [0.15, 0.2) is 0 Å². The Kier molecular flexibility index (Phi) is 6.09. The van der Waals surface area contributed by atoms with Gasteiger partial charge in [-0.25, -0.2) is 9.97 Å². The zero-order valence-corrected chi connectivity index (χ0v) is 28.2. The van der Waals surface area contributed by atoms with Crippen LogP contribution >= 0.6 is 11.3 Å². The Bertz CT molecular complexity index is 3060. The summed E-state index contributed by atoms with van der Waals surface area (Å²) in [6.07, 6.45) is 3.67. The molecule has 0 aliphatic rings. The number of benzene rings is 7. The van der Waals surface area contributed by atoms with E-state index in [0.717, 1.165) is 21.6 Å². The lowest BCUT2D eigenvalue weighted by Crippen LogP contribution is -1.97. The monoisotopic (exact) mass is 668 g/mol. The van der Waals surface area contributed by atoms with Crippen molar-refractivity contribution in [3.8, 4) is 33.6 Å². The largest absolute Gasteiger partial charge is 0.309 e. The Balaban J connectivity index is 1.40. The molecular formula is C46H28N4S. The minimum Gasteiger partial charge on any atom is -0.309 e. The van der Waals surface area contributed by atoms with Crippen molar-refractivity contribution in [3.63, 3.8) is 0 Å². The second-order valence-electron chi connectivity index (χ2n) is 13.0. The van der Waals surface area contributed by atoms with Gasteiger partial charge in [0.1, 0.15) is 11.2 Å². The second-order valence-corrected chi connectivity index (χ2v) is 14.0. The van der Waals surface area contributed by atoms with Crippen LogP contribution in [0.2, 0.25) is 0 Å². The normalized spacial score (nSPS) is 11.9. The van der Waals surface area contributed by atoms with Crippen molar-refractivity contribution in [1.29, 1.82) is 0 Å². The lowest BCUT2D eigenvalue weighted by atomic mass is 9.98. The van der Waals surface area contributed by atoms with Gasteiger partial charge in [0.05, 0.1) is 26.8 Å². The van der Waals surface area contributed by atoms with Crippen LogP contribution in [0.3, 0.4) is 0 Å². The fourth-order valence-corrected chi connectivity index (χ4v) is 9.29. The number of rotatable bonds is 4. The Morgan fingerprint density at radius 1 is 0.431 bits per heavy atom. The molecule has 0 bridgehead atoms. The van der Waals surface area contributed by atoms with Crippen LogP contribution in [0.25, 0.3) is 97.5 Å². The van der Waals surface area contributed by atoms with Gasteiger partial charge in [0.2, 0.25) is 0 Å². The molecule has 4 heterocycles. The van der Waals surface area contributed by atoms with E-state index >= 15 is 0 Å². The Hall–Kier alpha value is -6.56. The third kappa shape index (κ3) is 4.13. The molecule has 4 aromatic heterocycles. The Morgan fingerprint density at radius 3 is 1.63 bits per heavy atom. The SMILES string of the molecule is c1ccc(-c2cc(-c3ccccc3)cc(-n3c4ccccc4c4c3c3sc5ncncc5c3c3c5ccccc5n(-c5ccccc5)c34)c2)cc1. The van der Waals surface area contributed by atoms with E-state index < -0.39 is 0 Å². The van der Waals surface area contributed by atoms with Crippen LogP contribution in [0.15, 0.2) is 170 Å². The topological polar surface area (TPSA) is 35.6 Å². The first-order chi connectivity index (χ1) is 25.3. The minimum atomic E-state index is 0.991. The number of para-hydroxylation sites is 3. The molecule has 0 saturated heterocycles. The number of thiophene rings is 1. The van der Waals surface area contributed by atoms with E-state index in [1.165, 1.54) is 76.0 Å². The van der Waals surface area contributed by atoms with Crippen molar-refractivity contribution in [1.82, 2.24) is 19.1 Å². The molecule has 0 N–H and O–H groups in total. The van der Waals surface area contributed by atoms with Gasteiger partial charge >= 0.3 is 0 Å². The van der Waals surface area contributed by atoms with Gasteiger partial charge in [-0.05, 0) is 64.7 Å². The maximum atomic E-state index is 4.83. The highest BCUT2D eigenvalue weighted by molar-refractivity contribution is 7.26. The van der Waals surface area contributed by atoms with Gasteiger partial charge in [-0.15, -0.1) is 11.3 Å². The third-order valence-electron chi connectivity index (χ3n) is 10.2. The van der Waals surface area contributed by atoms with E-state index in [2.05, 4.69) is 172 Å². The Labute approximate surface area is 297 Å². The van der Waals surface area contributed by atoms with Crippen molar-refractivity contribution < 1.29 is 0 Å². The molecule has 0 fully saturated rings. The molecule has 7 aromatic carbocycles. The summed E-state index contributed by atoms with van der Waals surface area (Å²) in [5.41, 5.74) is 11.7. The first-order valence-corrected chi connectivity index (χ1v) is 18.0. The van der Waals surface area contributed by atoms with E-state index in [1.54, 1.807) is 17.7 Å². The predicted octanol–water partition coefficient (Wildman–Crippen LogP) is 12.4. The zero-order valence-electron chi connectivity index (χ0n) is 27.4. The number of hydrogen-bond donors (Lipinski definition) is 0. The lowest BCUT2D eigenvalue weighted by molar-refractivity contribution is 1.18. The second kappa shape index (κ2) is 11.0. The summed E-state index contributed by atoms with van der Waals surface area (Å²) < 4.78 is 6.18. The summed E-state index contributed by atoms with van der Waals surface area (Å²) in [5.74, 6) is 0. The van der Waals surface area contributed by atoms with Crippen LogP contribution in [0.4, 0.5) is 0 Å². The summed E-state index contributed by atoms with van der Waals surface area (Å²) in [4.78, 5) is 10.4. The molecule has 0 spiro atoms. The fraction of sp³-hybridized carbons (Fsp3) is 0. The third-order valence-corrected chi connectivity index (χ3v) is 11.3. The quantitative estimate of drug-likeness (QED) is 0.187. The average molecular weight is 669 g/mol. The van der Waals surface area contributed by atoms with Crippen molar-refractivity contribution in [2.45, 2.75) is 0 Å². The van der Waals surface area contributed by atoms with Crippen molar-refractivity contribution in [2.24, 2.45) is 0 Å². The molecule has 0 radical (unpaired) electrons. The molecule has 11 rings (SSSR count). The maximum absolute atomic E-state index is 4.83. The molecule has 5 heteroatoms. The average Bonchev–Trinajstić information content (AvgIpc) is 3.87. The Morgan fingerprint density at radius 2 is 0.980 bits per heavy atom. The van der Waals surface area contributed by atoms with E-state index in [9.17, 15) is 0 Å². The summed E-state index contributed by atoms with van der Waals surface area (Å²) in [6.45, 7) is 0. The highest BCUT2D eigenvalue weighted by atomic mass is 32.1. The molecule has 0 saturated carbocycles. The lowest BCUT2D eigenvalue weighted by Gasteiger charge is -2.15. The molecule has 0 atom stereocenters. The van der Waals surface area contributed by atoms with E-state index in [4.69, 9.17) is 4.98 Å². The molecule has 0 aliphatic carbocycles. The number of fused-ring (bicyclic) bond motifs is 12. The van der Waals surface area contributed by atoms with Crippen molar-refractivity contribution >= 4 is 75.3 Å². The number of nitrogens with zero attached hydrogens (tertiary/aromatic N) is 4. The van der Waals surface area contributed by atoms with Crippen LogP contribution in [-0.2, 0) is 0 Å². The van der Waals surface area contributed by atoms with Gasteiger partial charge in [-0.2, -0.15) is 0 Å². The summed E-state index contributed by atoms with van der Waals surface area (Å²) >= 11 is 1.76. The van der Waals surface area contributed by atoms with Crippen molar-refractivity contribution in [3.05, 3.63) is 170 Å². The van der Waals surface area contributed by atoms with Crippen LogP contribution in [0.1, 0.15) is 0 Å². The minimum absolute atomic E-state index is 0.991. The summed E-state index contributed by atoms with van der Waals surface area (Å²) in [7, 11) is 0. The number of hydrogen-bond acceptors (Lipinski definition) is 3. The number of aromatic nitrogens is 4. The van der Waals surface area contributed by atoms with Gasteiger partial charge in [-0.3, -0.25) is 0 Å². The molecule has 0 amide bonds. The molecule has 0 unspecified atom stereocenters. The van der Waals surface area contributed by atoms with Gasteiger partial charge in [-0.1, -0.05) is 115 Å². The van der Waals surface area contributed by atoms with Crippen molar-refractivity contribution in [2.75, 3.05) is 0 Å². The standard InChI is InChI=1S/C46H28N4S/c1-4-14-29(15-5-1)31-24-32(30-16-6-2-7-17-30)26-34(25-31)50-39-23-13-11-21-36(39)42-43-40(41-37-27-47-28-48-46(37)51-45(41)44(42)50)35-20-10-12-22-38(35)49(43)33-18-8-3-9-19-33/h1-28H. The zero-order chi connectivity index (χ0) is 33.5. The van der Waals surface area contributed by atoms with Crippen LogP contribution in [-0.4, -0.2) is 19.1 Å². The maximum Gasteiger partial charge on any atom is 0.127 e. The highest BCUT2D eigenvalue weighted by Gasteiger charge is 2.27. The highest BCUT2D eigenvalue weighted by Crippen LogP contribution is 2.51. The predicted molar refractivity (Wildman–Crippen MR) is 214 cm³/mol. The van der Waals surface area contributed by atoms with Crippen LogP contribution < -0.4 is 0 Å². The fourth-order valence-electron chi connectivity index (χ4n) is 8.13. The van der Waals surface area contributed by atoms with Crippen LogP contribution in [0.5, 0.6) is 0 Å². The van der Waals surface area contributed by atoms with Crippen LogP contribution in [0, 0.1) is 0 Å². The van der Waals surface area contributed by atoms with Gasteiger partial charge in [0, 0.05) is 49.9 Å². The van der Waals surface area contributed by atoms with Gasteiger partial charge < -0.3 is 9.13 Å². The molecular weight excluding hydrogens is 641 g/mol. The van der Waals surface area contributed by atoms with E-state index in [-0.39, 0.29) is 0 Å². The summed E-state index contributed by atoms with van der Waals surface area (Å²) in [6, 6.07) is 56.9. The molecule has 11 aromatic rings. The molecule has 51 heavy (non-hydrogen) atoms. The molecule has 238 valence electrons. The summed E-state index contributed by atoms with van der Waals surface area (Å²) in [5, 5.41) is 7.20. The first-order valence-electron chi connectivity index (χ1n) is 17.2. The van der Waals surface area contributed by atoms with E-state index in [1.807, 2.05) is 6.20 Å². The molecule has 4 nitrogen and oxygen atoms in total. The van der Waals surface area contributed by atoms with Gasteiger partial charge in [0.25, 0.3) is 0 Å². The smallest absolute Gasteiger partial charge is 0.127 e. The van der Waals surface area contributed by atoms with E-state index in [0.29, 0.717) is 0 Å². The molecule has 0 aliphatic heterocycles. The first kappa shape index (κ1) is 28.3.